The Morgan fingerprint density at radius 3 is 1.31 bits per heavy atom. The van der Waals surface area contributed by atoms with Gasteiger partial charge in [-0.3, -0.25) is 28.4 Å². The van der Waals surface area contributed by atoms with E-state index in [1.54, 1.807) is 45.1 Å². The highest BCUT2D eigenvalue weighted by Gasteiger charge is 2.25. The average Bonchev–Trinajstić information content (AvgIpc) is 3.46. The van der Waals surface area contributed by atoms with Crippen LogP contribution in [0.25, 0.3) is 0 Å². The Morgan fingerprint density at radius 1 is 0.514 bits per heavy atom. The fourth-order valence-corrected chi connectivity index (χ4v) is 11.4. The molecule has 1 fully saturated rings. The van der Waals surface area contributed by atoms with Crippen molar-refractivity contribution in [2.75, 3.05) is 116 Å². The Hall–Kier alpha value is -5.34. The third-order valence-electron chi connectivity index (χ3n) is 12.8. The fourth-order valence-electron chi connectivity index (χ4n) is 8.76. The maximum atomic E-state index is 14.0. The van der Waals surface area contributed by atoms with Gasteiger partial charge in [0.05, 0.1) is 49.3 Å². The number of rotatable bonds is 19. The van der Waals surface area contributed by atoms with Crippen LogP contribution in [-0.4, -0.2) is 146 Å². The lowest BCUT2D eigenvalue weighted by Crippen LogP contribution is -2.36. The number of ether oxygens (including phenoxy) is 2. The number of aromatic nitrogens is 3. The standard InChI is InChI=1S/C55H73N8O8P3/c1-11-62(12-2)49-35-42(23-25-51(49)69-6)19-21-44-33-47(57-54(37-44)73(9,66)67)40-60-29-27-59(39-46-17-16-18-53(56-46)72(8,64)65)28-30-61(32-31-60)41-48-34-45(38-55(58-48)74(10,68)71-15-5)22-20-43-24-26-52(70-7)50(36-43)63(13-3)14-4/h16-18,23-26,33-38H,11-15,27-32,39-41H2,1-10H3,(H,64,65)(H,66,67). The molecule has 0 saturated carbocycles. The summed E-state index contributed by atoms with van der Waals surface area (Å²) in [6, 6.07) is 24.1. The van der Waals surface area contributed by atoms with E-state index in [2.05, 4.69) is 80.9 Å². The molecule has 3 aromatic heterocycles. The van der Waals surface area contributed by atoms with Crippen molar-refractivity contribution in [3.63, 3.8) is 0 Å². The van der Waals surface area contributed by atoms with Crippen LogP contribution in [0.5, 0.6) is 11.5 Å². The topological polar surface area (TPSA) is 174 Å². The molecule has 4 heterocycles. The van der Waals surface area contributed by atoms with Crippen molar-refractivity contribution in [1.29, 1.82) is 0 Å². The second-order valence-corrected chi connectivity index (χ2v) is 25.2. The molecule has 5 aromatic rings. The lowest BCUT2D eigenvalue weighted by molar-refractivity contribution is 0.207. The largest absolute Gasteiger partial charge is 0.495 e. The molecule has 2 N–H and O–H groups in total. The molecule has 0 aliphatic carbocycles. The number of pyridine rings is 3. The number of hydrogen-bond acceptors (Lipinski definition) is 14. The van der Waals surface area contributed by atoms with Crippen molar-refractivity contribution in [3.8, 4) is 35.2 Å². The van der Waals surface area contributed by atoms with Crippen molar-refractivity contribution in [3.05, 3.63) is 118 Å². The summed E-state index contributed by atoms with van der Waals surface area (Å²) in [5.74, 6) is 14.7. The minimum absolute atomic E-state index is 0.0786. The zero-order chi connectivity index (χ0) is 53.6. The quantitative estimate of drug-likeness (QED) is 0.0651. The van der Waals surface area contributed by atoms with Crippen molar-refractivity contribution in [2.24, 2.45) is 0 Å². The van der Waals surface area contributed by atoms with Gasteiger partial charge in [0.2, 0.25) is 22.1 Å². The van der Waals surface area contributed by atoms with Crippen LogP contribution in [0.3, 0.4) is 0 Å². The molecule has 2 aromatic carbocycles. The van der Waals surface area contributed by atoms with E-state index < -0.39 is 22.1 Å². The van der Waals surface area contributed by atoms with Crippen molar-refractivity contribution < 1.29 is 37.5 Å². The van der Waals surface area contributed by atoms with Crippen LogP contribution in [0.4, 0.5) is 11.4 Å². The molecule has 3 atom stereocenters. The van der Waals surface area contributed by atoms with Gasteiger partial charge in [-0.15, -0.1) is 0 Å². The summed E-state index contributed by atoms with van der Waals surface area (Å²) in [6.07, 6.45) is 0. The Morgan fingerprint density at radius 2 is 0.905 bits per heavy atom. The van der Waals surface area contributed by atoms with E-state index in [1.807, 2.05) is 61.5 Å². The number of methoxy groups -OCH3 is 2. The van der Waals surface area contributed by atoms with Gasteiger partial charge in [0, 0.05) is 127 Å². The highest BCUT2D eigenvalue weighted by molar-refractivity contribution is 7.66. The first-order valence-electron chi connectivity index (χ1n) is 25.2. The summed E-state index contributed by atoms with van der Waals surface area (Å²) < 4.78 is 57.1. The van der Waals surface area contributed by atoms with Crippen molar-refractivity contribution in [2.45, 2.75) is 54.3 Å². The predicted molar refractivity (Wildman–Crippen MR) is 299 cm³/mol. The molecule has 3 unspecified atom stereocenters. The number of benzene rings is 2. The third-order valence-corrected chi connectivity index (χ3v) is 16.8. The molecule has 16 nitrogen and oxygen atoms in total. The third kappa shape index (κ3) is 16.1. The Balaban J connectivity index is 1.35. The number of nitrogens with zero attached hydrogens (tertiary/aromatic N) is 8. The summed E-state index contributed by atoms with van der Waals surface area (Å²) in [5, 5.41) is 0. The van der Waals surface area contributed by atoms with Gasteiger partial charge in [0.15, 0.2) is 0 Å². The molecule has 0 amide bonds. The first-order chi connectivity index (χ1) is 35.3. The lowest BCUT2D eigenvalue weighted by atomic mass is 10.1. The molecule has 396 valence electrons. The molecule has 0 spiro atoms. The van der Waals surface area contributed by atoms with Crippen LogP contribution in [-0.2, 0) is 37.9 Å². The van der Waals surface area contributed by atoms with Gasteiger partial charge >= 0.3 is 0 Å². The van der Waals surface area contributed by atoms with E-state index in [4.69, 9.17) is 24.0 Å². The van der Waals surface area contributed by atoms with Crippen LogP contribution >= 0.6 is 22.1 Å². The summed E-state index contributed by atoms with van der Waals surface area (Å²) >= 11 is 0. The van der Waals surface area contributed by atoms with Crippen LogP contribution in [0.1, 0.15) is 74.0 Å². The van der Waals surface area contributed by atoms with Crippen molar-refractivity contribution in [1.82, 2.24) is 29.7 Å². The molecule has 0 bridgehead atoms. The van der Waals surface area contributed by atoms with E-state index in [0.717, 1.165) is 60.2 Å². The van der Waals surface area contributed by atoms with E-state index in [1.165, 1.54) is 13.3 Å². The molecule has 0 radical (unpaired) electrons. The average molecular weight is 1070 g/mol. The zero-order valence-corrected chi connectivity index (χ0v) is 47.4. The van der Waals surface area contributed by atoms with E-state index in [9.17, 15) is 23.5 Å². The lowest BCUT2D eigenvalue weighted by Gasteiger charge is -2.26. The van der Waals surface area contributed by atoms with Gasteiger partial charge < -0.3 is 33.6 Å². The van der Waals surface area contributed by atoms with Gasteiger partial charge in [0.1, 0.15) is 27.8 Å². The maximum absolute atomic E-state index is 14.0. The SMILES string of the molecule is CCOP(C)(=O)c1cc(C#Cc2ccc(OC)c(N(CC)CC)c2)cc(CN2CCN(Cc3cccc(P(C)(=O)O)n3)CCN(Cc3cc(C#Cc4ccc(OC)c(N(CC)CC)c4)cc(P(C)(=O)O)n3)CC2)n1. The van der Waals surface area contributed by atoms with Gasteiger partial charge in [-0.2, -0.15) is 0 Å². The number of hydrogen-bond donors (Lipinski definition) is 2. The van der Waals surface area contributed by atoms with Gasteiger partial charge in [-0.25, -0.2) is 15.0 Å². The zero-order valence-electron chi connectivity index (χ0n) is 44.7. The van der Waals surface area contributed by atoms with Crippen LogP contribution in [0.15, 0.2) is 78.9 Å². The first kappa shape index (κ1) is 57.9. The normalized spacial score (nSPS) is 16.1. The second-order valence-electron chi connectivity index (χ2n) is 18.4. The smallest absolute Gasteiger partial charge is 0.247 e. The molecule has 1 aliphatic rings. The summed E-state index contributed by atoms with van der Waals surface area (Å²) in [7, 11) is -7.39. The van der Waals surface area contributed by atoms with Gasteiger partial charge in [0.25, 0.3) is 0 Å². The highest BCUT2D eigenvalue weighted by Crippen LogP contribution is 2.41. The van der Waals surface area contributed by atoms with E-state index in [0.29, 0.717) is 92.5 Å². The number of anilines is 2. The Bertz CT molecular complexity index is 3010. The molecule has 6 rings (SSSR count). The van der Waals surface area contributed by atoms with Gasteiger partial charge in [-0.05, 0) is 107 Å². The molecule has 1 saturated heterocycles. The molecule has 1 aliphatic heterocycles. The van der Waals surface area contributed by atoms with Crippen molar-refractivity contribution >= 4 is 49.8 Å². The first-order valence-corrected chi connectivity index (χ1v) is 31.5. The minimum atomic E-state index is -3.79. The summed E-state index contributed by atoms with van der Waals surface area (Å²) in [5.41, 5.74) is 7.23. The summed E-state index contributed by atoms with van der Waals surface area (Å²) in [6.45, 7) is 22.7. The predicted octanol–water partition coefficient (Wildman–Crippen LogP) is 6.82. The molecule has 74 heavy (non-hydrogen) atoms. The molecular weight excluding hydrogens is 994 g/mol. The van der Waals surface area contributed by atoms with Crippen LogP contribution in [0.2, 0.25) is 0 Å². The van der Waals surface area contributed by atoms with E-state index >= 15 is 0 Å². The van der Waals surface area contributed by atoms with Gasteiger partial charge in [-0.1, -0.05) is 29.7 Å². The fraction of sp³-hybridized carbons (Fsp3) is 0.436. The maximum Gasteiger partial charge on any atom is 0.247 e. The van der Waals surface area contributed by atoms with Crippen LogP contribution in [0, 0.1) is 23.7 Å². The molecular formula is C55H73N8O8P3. The Labute approximate surface area is 438 Å². The van der Waals surface area contributed by atoms with E-state index in [-0.39, 0.29) is 17.5 Å². The minimum Gasteiger partial charge on any atom is -0.495 e. The monoisotopic (exact) mass is 1070 g/mol. The Kier molecular flexibility index (Phi) is 20.7. The second kappa shape index (κ2) is 26.4. The highest BCUT2D eigenvalue weighted by atomic mass is 31.2. The molecule has 19 heteroatoms. The summed E-state index contributed by atoms with van der Waals surface area (Å²) in [4.78, 5) is 46.8. The van der Waals surface area contributed by atoms with Crippen LogP contribution < -0.4 is 35.6 Å².